The van der Waals surface area contributed by atoms with Crippen molar-refractivity contribution >= 4 is 0 Å². The van der Waals surface area contributed by atoms with Crippen molar-refractivity contribution in [3.8, 4) is 0 Å². The summed E-state index contributed by atoms with van der Waals surface area (Å²) in [5.41, 5.74) is 5.57. The number of unbranched alkanes of at least 4 members (excludes halogenated alkanes) is 5. The highest BCUT2D eigenvalue weighted by molar-refractivity contribution is 4.92. The Balaban J connectivity index is 1.86. The molecule has 190 valence electrons. The Labute approximate surface area is 189 Å². The molecule has 0 aromatic heterocycles. The smallest absolute Gasteiger partial charge is 0.186 e. The molecule has 0 aromatic rings. The molecule has 2 aliphatic rings. The standard InChI is InChI=1S/C21H41NO10/c1-3-4-5-6-7-8-9-29-20-18(27)16(25)15(24)13(32-20)11-30-21-19(28-2)17(26)14(23)12(10-22)31-21/h12-21,23-27H,3-11,22H2,1-2H3/t12-,13-,14-,15-,16+,17+,18+,19+,20+,21+/m1/s1. The van der Waals surface area contributed by atoms with Crippen molar-refractivity contribution in [1.29, 1.82) is 0 Å². The SMILES string of the molecule is CCCCCCCCO[C@H]1O[C@H](CO[C@H]2O[C@H](CN)[C@@H](O)[C@H](O)[C@@H]2OC)[C@@H](O)[C@H](O)[C@@H]1O. The normalized spacial score (nSPS) is 40.5. The van der Waals surface area contributed by atoms with Gasteiger partial charge in [0.15, 0.2) is 12.6 Å². The Kier molecular flexibility index (Phi) is 12.2. The first-order valence-corrected chi connectivity index (χ1v) is 11.5. The van der Waals surface area contributed by atoms with Crippen LogP contribution in [0.25, 0.3) is 0 Å². The molecule has 7 N–H and O–H groups in total. The average molecular weight is 468 g/mol. The summed E-state index contributed by atoms with van der Waals surface area (Å²) >= 11 is 0. The highest BCUT2D eigenvalue weighted by Crippen LogP contribution is 2.27. The molecule has 0 saturated carbocycles. The number of aliphatic hydroxyl groups is 5. The molecule has 11 heteroatoms. The number of rotatable bonds is 13. The largest absolute Gasteiger partial charge is 0.388 e. The lowest BCUT2D eigenvalue weighted by Gasteiger charge is -2.43. The molecule has 2 aliphatic heterocycles. The van der Waals surface area contributed by atoms with E-state index in [1.54, 1.807) is 0 Å². The van der Waals surface area contributed by atoms with Crippen molar-refractivity contribution < 1.29 is 49.2 Å². The van der Waals surface area contributed by atoms with Crippen molar-refractivity contribution in [3.63, 3.8) is 0 Å². The Hall–Kier alpha value is -0.440. The highest BCUT2D eigenvalue weighted by atomic mass is 16.7. The van der Waals surface area contributed by atoms with Crippen LogP contribution >= 0.6 is 0 Å². The van der Waals surface area contributed by atoms with Crippen LogP contribution in [0.1, 0.15) is 45.4 Å². The summed E-state index contributed by atoms with van der Waals surface area (Å²) in [6.07, 6.45) is -5.49. The van der Waals surface area contributed by atoms with Crippen LogP contribution in [-0.4, -0.2) is 114 Å². The quantitative estimate of drug-likeness (QED) is 0.176. The third kappa shape index (κ3) is 7.28. The first-order valence-electron chi connectivity index (χ1n) is 11.5. The van der Waals surface area contributed by atoms with E-state index in [0.717, 1.165) is 19.3 Å². The van der Waals surface area contributed by atoms with Crippen molar-refractivity contribution in [2.75, 3.05) is 26.9 Å². The number of hydrogen-bond donors (Lipinski definition) is 6. The zero-order valence-corrected chi connectivity index (χ0v) is 19.0. The zero-order valence-electron chi connectivity index (χ0n) is 19.0. The third-order valence-electron chi connectivity index (χ3n) is 6.02. The van der Waals surface area contributed by atoms with Crippen LogP contribution in [0.2, 0.25) is 0 Å². The fourth-order valence-electron chi connectivity index (χ4n) is 3.95. The first-order chi connectivity index (χ1) is 15.3. The lowest BCUT2D eigenvalue weighted by Crippen LogP contribution is -2.62. The van der Waals surface area contributed by atoms with E-state index in [4.69, 9.17) is 29.4 Å². The second kappa shape index (κ2) is 14.1. The van der Waals surface area contributed by atoms with Gasteiger partial charge in [-0.15, -0.1) is 0 Å². The van der Waals surface area contributed by atoms with Gasteiger partial charge in [0.25, 0.3) is 0 Å². The minimum atomic E-state index is -1.48. The van der Waals surface area contributed by atoms with E-state index in [1.165, 1.54) is 26.4 Å². The molecule has 32 heavy (non-hydrogen) atoms. The summed E-state index contributed by atoms with van der Waals surface area (Å²) in [7, 11) is 1.33. The van der Waals surface area contributed by atoms with Gasteiger partial charge < -0.3 is 55.0 Å². The van der Waals surface area contributed by atoms with Crippen LogP contribution in [0, 0.1) is 0 Å². The maximum absolute atomic E-state index is 10.3. The lowest BCUT2D eigenvalue weighted by molar-refractivity contribution is -0.330. The molecule has 2 rings (SSSR count). The zero-order chi connectivity index (χ0) is 23.7. The highest BCUT2D eigenvalue weighted by Gasteiger charge is 2.47. The molecule has 2 heterocycles. The van der Waals surface area contributed by atoms with Gasteiger partial charge in [0, 0.05) is 20.3 Å². The van der Waals surface area contributed by atoms with E-state index in [2.05, 4.69) is 6.92 Å². The van der Waals surface area contributed by atoms with Crippen LogP contribution < -0.4 is 5.73 Å². The van der Waals surface area contributed by atoms with E-state index >= 15 is 0 Å². The minimum Gasteiger partial charge on any atom is -0.388 e. The molecule has 0 aliphatic carbocycles. The fourth-order valence-corrected chi connectivity index (χ4v) is 3.95. The molecule has 0 spiro atoms. The van der Waals surface area contributed by atoms with Gasteiger partial charge in [0.2, 0.25) is 0 Å². The second-order valence-corrected chi connectivity index (χ2v) is 8.45. The Morgan fingerprint density at radius 1 is 0.719 bits per heavy atom. The van der Waals surface area contributed by atoms with E-state index in [9.17, 15) is 25.5 Å². The maximum atomic E-state index is 10.3. The van der Waals surface area contributed by atoms with Gasteiger partial charge in [-0.25, -0.2) is 0 Å². The van der Waals surface area contributed by atoms with Gasteiger partial charge in [-0.1, -0.05) is 39.0 Å². The molecule has 0 aromatic carbocycles. The third-order valence-corrected chi connectivity index (χ3v) is 6.02. The van der Waals surface area contributed by atoms with Gasteiger partial charge in [-0.05, 0) is 6.42 Å². The summed E-state index contributed by atoms with van der Waals surface area (Å²) in [5.74, 6) is 0. The number of ether oxygens (including phenoxy) is 5. The summed E-state index contributed by atoms with van der Waals surface area (Å²) in [4.78, 5) is 0. The number of aliphatic hydroxyl groups excluding tert-OH is 5. The molecule has 10 atom stereocenters. The molecular formula is C21H41NO10. The van der Waals surface area contributed by atoms with Crippen molar-refractivity contribution in [2.24, 2.45) is 5.73 Å². The molecule has 0 bridgehead atoms. The number of hydrogen-bond acceptors (Lipinski definition) is 11. The number of nitrogens with two attached hydrogens (primary N) is 1. The van der Waals surface area contributed by atoms with Crippen molar-refractivity contribution in [3.05, 3.63) is 0 Å². The van der Waals surface area contributed by atoms with Crippen LogP contribution in [0.3, 0.4) is 0 Å². The fraction of sp³-hybridized carbons (Fsp3) is 1.00. The van der Waals surface area contributed by atoms with Gasteiger partial charge in [-0.3, -0.25) is 0 Å². The van der Waals surface area contributed by atoms with E-state index < -0.39 is 61.4 Å². The summed E-state index contributed by atoms with van der Waals surface area (Å²) in [5, 5.41) is 51.0. The van der Waals surface area contributed by atoms with Crippen LogP contribution in [0.4, 0.5) is 0 Å². The van der Waals surface area contributed by atoms with Crippen molar-refractivity contribution in [2.45, 2.75) is 107 Å². The molecule has 11 nitrogen and oxygen atoms in total. The molecular weight excluding hydrogens is 426 g/mol. The summed E-state index contributed by atoms with van der Waals surface area (Å²) < 4.78 is 27.7. The Morgan fingerprint density at radius 3 is 2.00 bits per heavy atom. The van der Waals surface area contributed by atoms with Crippen molar-refractivity contribution in [1.82, 2.24) is 0 Å². The Bertz CT molecular complexity index is 515. The van der Waals surface area contributed by atoms with E-state index in [1.807, 2.05) is 0 Å². The average Bonchev–Trinajstić information content (AvgIpc) is 2.79. The topological polar surface area (TPSA) is 173 Å². The van der Waals surface area contributed by atoms with Gasteiger partial charge in [0.05, 0.1) is 6.61 Å². The van der Waals surface area contributed by atoms with Crippen LogP contribution in [-0.2, 0) is 23.7 Å². The minimum absolute atomic E-state index is 0.0453. The molecule has 2 saturated heterocycles. The lowest BCUT2D eigenvalue weighted by atomic mass is 9.98. The maximum Gasteiger partial charge on any atom is 0.186 e. The van der Waals surface area contributed by atoms with Gasteiger partial charge in [0.1, 0.15) is 48.8 Å². The first kappa shape index (κ1) is 27.8. The molecule has 0 amide bonds. The van der Waals surface area contributed by atoms with Gasteiger partial charge >= 0.3 is 0 Å². The summed E-state index contributed by atoms with van der Waals surface area (Å²) in [6.45, 7) is 2.22. The predicted octanol–water partition coefficient (Wildman–Crippen LogP) is -1.39. The van der Waals surface area contributed by atoms with Crippen LogP contribution in [0.5, 0.6) is 0 Å². The predicted molar refractivity (Wildman–Crippen MR) is 112 cm³/mol. The van der Waals surface area contributed by atoms with Gasteiger partial charge in [-0.2, -0.15) is 0 Å². The number of methoxy groups -OCH3 is 1. The Morgan fingerprint density at radius 2 is 1.34 bits per heavy atom. The molecule has 0 unspecified atom stereocenters. The molecule has 2 fully saturated rings. The summed E-state index contributed by atoms with van der Waals surface area (Å²) in [6, 6.07) is 0. The second-order valence-electron chi connectivity index (χ2n) is 8.45. The monoisotopic (exact) mass is 467 g/mol. The van der Waals surface area contributed by atoms with E-state index in [0.29, 0.717) is 6.61 Å². The van der Waals surface area contributed by atoms with Crippen LogP contribution in [0.15, 0.2) is 0 Å². The van der Waals surface area contributed by atoms with E-state index in [-0.39, 0.29) is 13.2 Å². The molecule has 0 radical (unpaired) electrons.